The van der Waals surface area contributed by atoms with Gasteiger partial charge in [-0.05, 0) is 49.6 Å². The molecule has 138 valence electrons. The van der Waals surface area contributed by atoms with Crippen LogP contribution >= 0.6 is 11.8 Å². The summed E-state index contributed by atoms with van der Waals surface area (Å²) in [6.45, 7) is 4.10. The Morgan fingerprint density at radius 3 is 2.42 bits per heavy atom. The Balaban J connectivity index is 1.47. The Hall–Kier alpha value is -1.98. The fourth-order valence-corrected chi connectivity index (χ4v) is 3.93. The summed E-state index contributed by atoms with van der Waals surface area (Å²) in [7, 11) is 0. The quantitative estimate of drug-likeness (QED) is 0.771. The minimum atomic E-state index is -0.559. The summed E-state index contributed by atoms with van der Waals surface area (Å²) in [6.07, 6.45) is 1.95. The highest BCUT2D eigenvalue weighted by Crippen LogP contribution is 2.24. The topological polar surface area (TPSA) is 52.6 Å². The van der Waals surface area contributed by atoms with Gasteiger partial charge in [0, 0.05) is 30.2 Å². The first kappa shape index (κ1) is 18.8. The number of anilines is 2. The second-order valence-electron chi connectivity index (χ2n) is 6.63. The second kappa shape index (κ2) is 9.10. The van der Waals surface area contributed by atoms with E-state index in [0.717, 1.165) is 24.3 Å². The molecule has 0 bridgehead atoms. The van der Waals surface area contributed by atoms with Crippen molar-refractivity contribution < 1.29 is 9.90 Å². The lowest BCUT2D eigenvalue weighted by molar-refractivity contribution is -0.115. The Kier molecular flexibility index (Phi) is 6.58. The summed E-state index contributed by atoms with van der Waals surface area (Å²) >= 11 is 1.46. The van der Waals surface area contributed by atoms with E-state index in [4.69, 9.17) is 0 Å². The molecule has 2 atom stereocenters. The lowest BCUT2D eigenvalue weighted by Gasteiger charge is -2.18. The molecular formula is C21H26N2O2S. The monoisotopic (exact) mass is 370 g/mol. The van der Waals surface area contributed by atoms with Gasteiger partial charge in [0.1, 0.15) is 0 Å². The zero-order chi connectivity index (χ0) is 18.4. The first-order valence-electron chi connectivity index (χ1n) is 9.14. The van der Waals surface area contributed by atoms with Crippen molar-refractivity contribution in [2.75, 3.05) is 29.1 Å². The molecule has 1 saturated heterocycles. The molecule has 2 aromatic carbocycles. The van der Waals surface area contributed by atoms with Crippen LogP contribution in [-0.2, 0) is 4.79 Å². The predicted molar refractivity (Wildman–Crippen MR) is 110 cm³/mol. The van der Waals surface area contributed by atoms with Crippen molar-refractivity contribution in [1.82, 2.24) is 0 Å². The van der Waals surface area contributed by atoms with E-state index in [2.05, 4.69) is 22.3 Å². The number of hydrogen-bond acceptors (Lipinski definition) is 4. The van der Waals surface area contributed by atoms with Crippen LogP contribution in [0.5, 0.6) is 0 Å². The van der Waals surface area contributed by atoms with Crippen LogP contribution in [-0.4, -0.2) is 35.1 Å². The number of carbonyl (C=O) groups excluding carboxylic acids is 1. The van der Waals surface area contributed by atoms with E-state index in [1.54, 1.807) is 0 Å². The standard InChI is InChI=1S/C21H26N2O2S/c1-16(26-15-20(24)17-7-3-2-4-8-17)21(25)22-18-9-11-19(12-10-18)23-13-5-6-14-23/h2-4,7-12,16,20,24H,5-6,13-15H2,1H3,(H,22,25). The van der Waals surface area contributed by atoms with Gasteiger partial charge in [0.25, 0.3) is 0 Å². The molecule has 1 amide bonds. The van der Waals surface area contributed by atoms with Crippen LogP contribution in [0.2, 0.25) is 0 Å². The van der Waals surface area contributed by atoms with Gasteiger partial charge in [-0.25, -0.2) is 0 Å². The molecule has 0 aromatic heterocycles. The molecule has 4 nitrogen and oxygen atoms in total. The second-order valence-corrected chi connectivity index (χ2v) is 8.01. The zero-order valence-corrected chi connectivity index (χ0v) is 15.9. The Morgan fingerprint density at radius 2 is 1.77 bits per heavy atom. The van der Waals surface area contributed by atoms with Gasteiger partial charge >= 0.3 is 0 Å². The highest BCUT2D eigenvalue weighted by molar-refractivity contribution is 8.00. The number of benzene rings is 2. The number of nitrogens with zero attached hydrogens (tertiary/aromatic N) is 1. The van der Waals surface area contributed by atoms with Crippen molar-refractivity contribution in [1.29, 1.82) is 0 Å². The van der Waals surface area contributed by atoms with Crippen molar-refractivity contribution in [3.8, 4) is 0 Å². The van der Waals surface area contributed by atoms with Gasteiger partial charge in [-0.2, -0.15) is 0 Å². The molecule has 0 spiro atoms. The minimum Gasteiger partial charge on any atom is -0.388 e. The highest BCUT2D eigenvalue weighted by atomic mass is 32.2. The molecule has 1 fully saturated rings. The molecule has 0 saturated carbocycles. The maximum Gasteiger partial charge on any atom is 0.237 e. The first-order chi connectivity index (χ1) is 12.6. The number of carbonyl (C=O) groups is 1. The molecule has 26 heavy (non-hydrogen) atoms. The van der Waals surface area contributed by atoms with E-state index in [1.165, 1.54) is 30.3 Å². The number of amides is 1. The molecule has 0 radical (unpaired) electrons. The SMILES string of the molecule is CC(SCC(O)c1ccccc1)C(=O)Nc1ccc(N2CCCC2)cc1. The number of thioether (sulfide) groups is 1. The number of aliphatic hydroxyl groups is 1. The van der Waals surface area contributed by atoms with Crippen LogP contribution in [0, 0.1) is 0 Å². The lowest BCUT2D eigenvalue weighted by atomic mass is 10.1. The molecule has 2 N–H and O–H groups in total. The third-order valence-electron chi connectivity index (χ3n) is 4.66. The number of nitrogens with one attached hydrogen (secondary N) is 1. The van der Waals surface area contributed by atoms with Gasteiger partial charge in [-0.3, -0.25) is 4.79 Å². The highest BCUT2D eigenvalue weighted by Gasteiger charge is 2.17. The van der Waals surface area contributed by atoms with Crippen LogP contribution < -0.4 is 10.2 Å². The molecule has 1 heterocycles. The summed E-state index contributed by atoms with van der Waals surface area (Å²) in [5.41, 5.74) is 2.91. The first-order valence-corrected chi connectivity index (χ1v) is 10.2. The Labute approximate surface area is 159 Å². The fourth-order valence-electron chi connectivity index (χ4n) is 3.06. The van der Waals surface area contributed by atoms with Gasteiger partial charge < -0.3 is 15.3 Å². The van der Waals surface area contributed by atoms with E-state index in [9.17, 15) is 9.90 Å². The largest absolute Gasteiger partial charge is 0.388 e. The molecular weight excluding hydrogens is 344 g/mol. The maximum atomic E-state index is 12.4. The fraction of sp³-hybridized carbons (Fsp3) is 0.381. The number of hydrogen-bond donors (Lipinski definition) is 2. The Morgan fingerprint density at radius 1 is 1.12 bits per heavy atom. The molecule has 3 rings (SSSR count). The van der Waals surface area contributed by atoms with Gasteiger partial charge in [0.2, 0.25) is 5.91 Å². The number of aliphatic hydroxyl groups excluding tert-OH is 1. The van der Waals surface area contributed by atoms with E-state index in [1.807, 2.05) is 49.4 Å². The van der Waals surface area contributed by atoms with Crippen LogP contribution in [0.25, 0.3) is 0 Å². The predicted octanol–water partition coefficient (Wildman–Crippen LogP) is 4.08. The third-order valence-corrected chi connectivity index (χ3v) is 5.89. The van der Waals surface area contributed by atoms with Crippen molar-refractivity contribution in [2.24, 2.45) is 0 Å². The minimum absolute atomic E-state index is 0.0378. The Bertz CT molecular complexity index is 700. The summed E-state index contributed by atoms with van der Waals surface area (Å²) < 4.78 is 0. The van der Waals surface area contributed by atoms with Gasteiger partial charge in [0.05, 0.1) is 11.4 Å². The summed E-state index contributed by atoms with van der Waals surface area (Å²) in [5, 5.41) is 13.0. The normalized spacial score (nSPS) is 16.3. The summed E-state index contributed by atoms with van der Waals surface area (Å²) in [5.74, 6) is 0.455. The van der Waals surface area contributed by atoms with E-state index >= 15 is 0 Å². The summed E-state index contributed by atoms with van der Waals surface area (Å²) in [4.78, 5) is 14.7. The van der Waals surface area contributed by atoms with Gasteiger partial charge in [-0.1, -0.05) is 30.3 Å². The average molecular weight is 371 g/mol. The van der Waals surface area contributed by atoms with Crippen molar-refractivity contribution >= 4 is 29.0 Å². The summed E-state index contributed by atoms with van der Waals surface area (Å²) in [6, 6.07) is 17.6. The molecule has 1 aliphatic heterocycles. The van der Waals surface area contributed by atoms with Crippen LogP contribution in [0.4, 0.5) is 11.4 Å². The molecule has 2 aromatic rings. The van der Waals surface area contributed by atoms with Crippen molar-refractivity contribution in [3.63, 3.8) is 0 Å². The van der Waals surface area contributed by atoms with Crippen molar-refractivity contribution in [3.05, 3.63) is 60.2 Å². The van der Waals surface area contributed by atoms with Crippen LogP contribution in [0.3, 0.4) is 0 Å². The molecule has 2 unspecified atom stereocenters. The average Bonchev–Trinajstić information content (AvgIpc) is 3.22. The third kappa shape index (κ3) is 5.02. The molecule has 1 aliphatic rings. The van der Waals surface area contributed by atoms with Crippen LogP contribution in [0.1, 0.15) is 31.4 Å². The lowest BCUT2D eigenvalue weighted by Crippen LogP contribution is -2.23. The van der Waals surface area contributed by atoms with E-state index in [-0.39, 0.29) is 11.2 Å². The molecule has 5 heteroatoms. The maximum absolute atomic E-state index is 12.4. The van der Waals surface area contributed by atoms with Gasteiger partial charge in [-0.15, -0.1) is 11.8 Å². The molecule has 0 aliphatic carbocycles. The zero-order valence-electron chi connectivity index (χ0n) is 15.1. The van der Waals surface area contributed by atoms with Crippen LogP contribution in [0.15, 0.2) is 54.6 Å². The van der Waals surface area contributed by atoms with Crippen molar-refractivity contribution in [2.45, 2.75) is 31.1 Å². The van der Waals surface area contributed by atoms with E-state index in [0.29, 0.717) is 5.75 Å². The van der Waals surface area contributed by atoms with Gasteiger partial charge in [0.15, 0.2) is 0 Å². The smallest absolute Gasteiger partial charge is 0.237 e. The number of rotatable bonds is 7. The van der Waals surface area contributed by atoms with E-state index < -0.39 is 6.10 Å².